The molecule has 0 saturated heterocycles. The molecule has 0 unspecified atom stereocenters. The van der Waals surface area contributed by atoms with Crippen LogP contribution >= 0.6 is 24.0 Å². The standard InChI is InChI=1S/C18H30N4O.HI/c1-15-7-6-8-16(22-15)13-20-17(19-2)21-14-18(11-12-23-3)9-4-5-10-18;/h6-8H,4-5,9-14H2,1-3H3,(H2,19,20,21);1H. The molecular weight excluding hydrogens is 415 g/mol. The number of rotatable bonds is 7. The summed E-state index contributed by atoms with van der Waals surface area (Å²) in [6.07, 6.45) is 6.32. The molecule has 0 aromatic carbocycles. The number of nitrogens with zero attached hydrogens (tertiary/aromatic N) is 2. The monoisotopic (exact) mass is 446 g/mol. The summed E-state index contributed by atoms with van der Waals surface area (Å²) >= 11 is 0. The fourth-order valence-corrected chi connectivity index (χ4v) is 3.32. The molecule has 0 atom stereocenters. The van der Waals surface area contributed by atoms with Crippen LogP contribution in [0.4, 0.5) is 0 Å². The maximum atomic E-state index is 5.30. The van der Waals surface area contributed by atoms with Crippen molar-refractivity contribution in [3.8, 4) is 0 Å². The van der Waals surface area contributed by atoms with Gasteiger partial charge in [-0.3, -0.25) is 9.98 Å². The van der Waals surface area contributed by atoms with E-state index in [-0.39, 0.29) is 24.0 Å². The SMILES string of the molecule is CN=C(NCc1cccc(C)n1)NCC1(CCOC)CCCC1.I. The summed E-state index contributed by atoms with van der Waals surface area (Å²) in [5.41, 5.74) is 2.43. The molecule has 0 aliphatic heterocycles. The van der Waals surface area contributed by atoms with Crippen LogP contribution in [-0.4, -0.2) is 38.3 Å². The van der Waals surface area contributed by atoms with Gasteiger partial charge in [-0.1, -0.05) is 18.9 Å². The lowest BCUT2D eigenvalue weighted by Gasteiger charge is -2.29. The first kappa shape index (κ1) is 21.2. The normalized spacial score (nSPS) is 16.5. The van der Waals surface area contributed by atoms with E-state index in [4.69, 9.17) is 4.74 Å². The molecule has 6 heteroatoms. The molecule has 136 valence electrons. The second-order valence-corrected chi connectivity index (χ2v) is 6.50. The van der Waals surface area contributed by atoms with E-state index in [1.165, 1.54) is 25.7 Å². The summed E-state index contributed by atoms with van der Waals surface area (Å²) < 4.78 is 5.30. The van der Waals surface area contributed by atoms with Gasteiger partial charge in [0.2, 0.25) is 0 Å². The van der Waals surface area contributed by atoms with Gasteiger partial charge in [0.15, 0.2) is 5.96 Å². The van der Waals surface area contributed by atoms with Crippen molar-refractivity contribution in [3.05, 3.63) is 29.6 Å². The second kappa shape index (κ2) is 10.9. The number of aliphatic imine (C=N–C) groups is 1. The lowest BCUT2D eigenvalue weighted by Crippen LogP contribution is -2.43. The highest BCUT2D eigenvalue weighted by molar-refractivity contribution is 14.0. The van der Waals surface area contributed by atoms with Crippen LogP contribution in [0.1, 0.15) is 43.5 Å². The van der Waals surface area contributed by atoms with Gasteiger partial charge >= 0.3 is 0 Å². The number of aryl methyl sites for hydroxylation is 1. The summed E-state index contributed by atoms with van der Waals surface area (Å²) in [5.74, 6) is 0.844. The molecule has 1 aromatic rings. The quantitative estimate of drug-likeness (QED) is 0.384. The molecule has 5 nitrogen and oxygen atoms in total. The molecule has 1 aliphatic rings. The third kappa shape index (κ3) is 6.55. The number of aromatic nitrogens is 1. The maximum absolute atomic E-state index is 5.30. The highest BCUT2D eigenvalue weighted by Crippen LogP contribution is 2.40. The Morgan fingerprint density at radius 3 is 2.67 bits per heavy atom. The maximum Gasteiger partial charge on any atom is 0.191 e. The first-order valence-corrected chi connectivity index (χ1v) is 8.53. The molecule has 1 saturated carbocycles. The van der Waals surface area contributed by atoms with E-state index >= 15 is 0 Å². The van der Waals surface area contributed by atoms with Gasteiger partial charge in [0.05, 0.1) is 12.2 Å². The third-order valence-corrected chi connectivity index (χ3v) is 4.74. The molecule has 0 bridgehead atoms. The smallest absolute Gasteiger partial charge is 0.191 e. The zero-order valence-electron chi connectivity index (χ0n) is 15.1. The Bertz CT molecular complexity index is 515. The fourth-order valence-electron chi connectivity index (χ4n) is 3.32. The molecule has 24 heavy (non-hydrogen) atoms. The van der Waals surface area contributed by atoms with Gasteiger partial charge < -0.3 is 15.4 Å². The number of ether oxygens (including phenoxy) is 1. The average molecular weight is 446 g/mol. The Hall–Kier alpha value is -0.890. The van der Waals surface area contributed by atoms with Crippen LogP contribution in [0.2, 0.25) is 0 Å². The van der Waals surface area contributed by atoms with Gasteiger partial charge in [0.1, 0.15) is 0 Å². The summed E-state index contributed by atoms with van der Waals surface area (Å²) in [4.78, 5) is 8.84. The molecule has 2 N–H and O–H groups in total. The van der Waals surface area contributed by atoms with E-state index < -0.39 is 0 Å². The molecular formula is C18H31IN4O. The number of hydrogen-bond donors (Lipinski definition) is 2. The van der Waals surface area contributed by atoms with Crippen molar-refractivity contribution in [3.63, 3.8) is 0 Å². The molecule has 0 amide bonds. The van der Waals surface area contributed by atoms with Crippen molar-refractivity contribution in [2.24, 2.45) is 10.4 Å². The predicted molar refractivity (Wildman–Crippen MR) is 110 cm³/mol. The van der Waals surface area contributed by atoms with Gasteiger partial charge in [0.25, 0.3) is 0 Å². The molecule has 0 radical (unpaired) electrons. The summed E-state index contributed by atoms with van der Waals surface area (Å²) in [6, 6.07) is 6.08. The highest BCUT2D eigenvalue weighted by Gasteiger charge is 2.33. The van der Waals surface area contributed by atoms with Crippen LogP contribution in [0.3, 0.4) is 0 Å². The van der Waals surface area contributed by atoms with E-state index in [0.717, 1.165) is 36.9 Å². The average Bonchev–Trinajstić information content (AvgIpc) is 3.02. The van der Waals surface area contributed by atoms with Crippen molar-refractivity contribution in [2.45, 2.75) is 45.6 Å². The molecule has 1 fully saturated rings. The second-order valence-electron chi connectivity index (χ2n) is 6.50. The zero-order chi connectivity index (χ0) is 16.5. The van der Waals surface area contributed by atoms with Crippen molar-refractivity contribution in [1.82, 2.24) is 15.6 Å². The minimum atomic E-state index is 0. The number of guanidine groups is 1. The van der Waals surface area contributed by atoms with E-state index in [0.29, 0.717) is 12.0 Å². The lowest BCUT2D eigenvalue weighted by atomic mass is 9.83. The van der Waals surface area contributed by atoms with Crippen molar-refractivity contribution >= 4 is 29.9 Å². The van der Waals surface area contributed by atoms with Gasteiger partial charge in [-0.05, 0) is 43.7 Å². The van der Waals surface area contributed by atoms with E-state index in [2.05, 4.69) is 20.6 Å². The van der Waals surface area contributed by atoms with Crippen LogP contribution in [0.25, 0.3) is 0 Å². The summed E-state index contributed by atoms with van der Waals surface area (Å²) in [7, 11) is 3.60. The van der Waals surface area contributed by atoms with E-state index in [1.807, 2.05) is 32.2 Å². The van der Waals surface area contributed by atoms with Crippen molar-refractivity contribution < 1.29 is 4.74 Å². The predicted octanol–water partition coefficient (Wildman–Crippen LogP) is 3.27. The highest BCUT2D eigenvalue weighted by atomic mass is 127. The van der Waals surface area contributed by atoms with Gasteiger partial charge in [-0.25, -0.2) is 0 Å². The van der Waals surface area contributed by atoms with Gasteiger partial charge in [0, 0.05) is 33.0 Å². The largest absolute Gasteiger partial charge is 0.385 e. The minimum Gasteiger partial charge on any atom is -0.385 e. The molecule has 1 aromatic heterocycles. The van der Waals surface area contributed by atoms with E-state index in [9.17, 15) is 0 Å². The van der Waals surface area contributed by atoms with Crippen LogP contribution in [0.5, 0.6) is 0 Å². The van der Waals surface area contributed by atoms with Crippen LogP contribution in [-0.2, 0) is 11.3 Å². The van der Waals surface area contributed by atoms with Crippen molar-refractivity contribution in [1.29, 1.82) is 0 Å². The fraction of sp³-hybridized carbons (Fsp3) is 0.667. The Kier molecular flexibility index (Phi) is 9.58. The number of halogens is 1. The molecule has 1 heterocycles. The number of methoxy groups -OCH3 is 1. The first-order chi connectivity index (χ1) is 11.2. The molecule has 2 rings (SSSR count). The Labute approximate surface area is 163 Å². The van der Waals surface area contributed by atoms with E-state index in [1.54, 1.807) is 7.11 Å². The Morgan fingerprint density at radius 2 is 2.04 bits per heavy atom. The first-order valence-electron chi connectivity index (χ1n) is 8.53. The minimum absolute atomic E-state index is 0. The number of hydrogen-bond acceptors (Lipinski definition) is 3. The zero-order valence-corrected chi connectivity index (χ0v) is 17.4. The van der Waals surface area contributed by atoms with Gasteiger partial charge in [-0.15, -0.1) is 24.0 Å². The summed E-state index contributed by atoms with van der Waals surface area (Å²) in [6.45, 7) is 4.49. The Balaban J connectivity index is 0.00000288. The number of pyridine rings is 1. The molecule has 1 aliphatic carbocycles. The molecule has 0 spiro atoms. The van der Waals surface area contributed by atoms with Gasteiger partial charge in [-0.2, -0.15) is 0 Å². The topological polar surface area (TPSA) is 58.5 Å². The van der Waals surface area contributed by atoms with Crippen LogP contribution in [0, 0.1) is 12.3 Å². The lowest BCUT2D eigenvalue weighted by molar-refractivity contribution is 0.138. The van der Waals surface area contributed by atoms with Crippen molar-refractivity contribution in [2.75, 3.05) is 27.3 Å². The summed E-state index contributed by atoms with van der Waals surface area (Å²) in [5, 5.41) is 6.86. The van der Waals surface area contributed by atoms with Crippen LogP contribution < -0.4 is 10.6 Å². The Morgan fingerprint density at radius 1 is 1.29 bits per heavy atom. The van der Waals surface area contributed by atoms with Crippen LogP contribution in [0.15, 0.2) is 23.2 Å². The third-order valence-electron chi connectivity index (χ3n) is 4.74. The number of nitrogens with one attached hydrogen (secondary N) is 2.